The largest absolute Gasteiger partial charge is 0.298 e. The van der Waals surface area contributed by atoms with Crippen molar-refractivity contribution in [3.05, 3.63) is 20.8 Å². The Hall–Kier alpha value is -0.370. The molecule has 1 aliphatic carbocycles. The van der Waals surface area contributed by atoms with Crippen molar-refractivity contribution < 1.29 is 0 Å². The molecular formula is C14H19BrN2S. The Labute approximate surface area is 122 Å². The first-order valence-electron chi connectivity index (χ1n) is 6.53. The summed E-state index contributed by atoms with van der Waals surface area (Å²) in [4.78, 5) is 2.37. The highest BCUT2D eigenvalue weighted by Gasteiger charge is 2.26. The molecule has 2 nitrogen and oxygen atoms in total. The summed E-state index contributed by atoms with van der Waals surface area (Å²) in [6, 6.07) is 5.12. The van der Waals surface area contributed by atoms with Gasteiger partial charge < -0.3 is 0 Å². The highest BCUT2D eigenvalue weighted by atomic mass is 79.9. The van der Waals surface area contributed by atoms with Gasteiger partial charge in [-0.2, -0.15) is 5.26 Å². The summed E-state index contributed by atoms with van der Waals surface area (Å²) in [5.41, 5.74) is 1.34. The minimum atomic E-state index is 0.208. The zero-order valence-electron chi connectivity index (χ0n) is 10.7. The van der Waals surface area contributed by atoms with Crippen molar-refractivity contribution in [2.45, 2.75) is 44.7 Å². The van der Waals surface area contributed by atoms with E-state index in [1.54, 1.807) is 11.3 Å². The van der Waals surface area contributed by atoms with Crippen molar-refractivity contribution in [3.8, 4) is 6.07 Å². The van der Waals surface area contributed by atoms with Gasteiger partial charge in [-0.3, -0.25) is 4.90 Å². The predicted octanol–water partition coefficient (Wildman–Crippen LogP) is 4.41. The van der Waals surface area contributed by atoms with Gasteiger partial charge in [0.15, 0.2) is 0 Å². The van der Waals surface area contributed by atoms with Crippen LogP contribution >= 0.6 is 27.3 Å². The van der Waals surface area contributed by atoms with Crippen LogP contribution < -0.4 is 0 Å². The number of nitrogens with zero attached hydrogens (tertiary/aromatic N) is 2. The van der Waals surface area contributed by atoms with E-state index < -0.39 is 0 Å². The van der Waals surface area contributed by atoms with E-state index in [0.29, 0.717) is 6.04 Å². The summed E-state index contributed by atoms with van der Waals surface area (Å²) in [6.45, 7) is 0.949. The van der Waals surface area contributed by atoms with E-state index in [0.717, 1.165) is 13.0 Å². The van der Waals surface area contributed by atoms with E-state index in [1.807, 2.05) is 0 Å². The van der Waals surface area contributed by atoms with Gasteiger partial charge in [0.1, 0.15) is 0 Å². The smallest absolute Gasteiger partial charge is 0.0701 e. The van der Waals surface area contributed by atoms with Crippen LogP contribution in [0.15, 0.2) is 15.2 Å². The molecule has 98 valence electrons. The number of hydrogen-bond donors (Lipinski definition) is 0. The van der Waals surface area contributed by atoms with Crippen molar-refractivity contribution in [3.63, 3.8) is 0 Å². The molecule has 0 radical (unpaired) electrons. The van der Waals surface area contributed by atoms with Crippen LogP contribution in [-0.2, 0) is 6.54 Å². The average molecular weight is 327 g/mol. The highest BCUT2D eigenvalue weighted by molar-refractivity contribution is 9.11. The summed E-state index contributed by atoms with van der Waals surface area (Å²) in [5.74, 6) is 0.208. The third-order valence-electron chi connectivity index (χ3n) is 3.77. The monoisotopic (exact) mass is 326 g/mol. The molecular weight excluding hydrogens is 308 g/mol. The second-order valence-electron chi connectivity index (χ2n) is 5.12. The Morgan fingerprint density at radius 1 is 1.44 bits per heavy atom. The van der Waals surface area contributed by atoms with Gasteiger partial charge in [-0.1, -0.05) is 19.3 Å². The lowest BCUT2D eigenvalue weighted by atomic mass is 9.95. The second-order valence-corrected chi connectivity index (χ2v) is 7.41. The topological polar surface area (TPSA) is 27.0 Å². The van der Waals surface area contributed by atoms with Crippen LogP contribution in [0.3, 0.4) is 0 Å². The SMILES string of the molecule is CN(Cc1csc(Br)c1)C1CCCCCC1C#N. The summed E-state index contributed by atoms with van der Waals surface area (Å²) >= 11 is 5.23. The molecule has 1 aromatic rings. The molecule has 1 fully saturated rings. The van der Waals surface area contributed by atoms with E-state index in [2.05, 4.69) is 45.4 Å². The van der Waals surface area contributed by atoms with Crippen LogP contribution in [0.25, 0.3) is 0 Å². The van der Waals surface area contributed by atoms with E-state index in [1.165, 1.54) is 35.0 Å². The fourth-order valence-corrected chi connectivity index (χ4v) is 4.00. The molecule has 18 heavy (non-hydrogen) atoms. The quantitative estimate of drug-likeness (QED) is 0.769. The van der Waals surface area contributed by atoms with Crippen LogP contribution in [0, 0.1) is 17.2 Å². The summed E-state index contributed by atoms with van der Waals surface area (Å²) in [7, 11) is 2.16. The molecule has 2 atom stereocenters. The minimum Gasteiger partial charge on any atom is -0.298 e. The van der Waals surface area contributed by atoms with E-state index in [4.69, 9.17) is 0 Å². The maximum absolute atomic E-state index is 9.32. The average Bonchev–Trinajstić information content (AvgIpc) is 2.65. The minimum absolute atomic E-state index is 0.208. The van der Waals surface area contributed by atoms with Gasteiger partial charge in [-0.25, -0.2) is 0 Å². The lowest BCUT2D eigenvalue weighted by Gasteiger charge is -2.29. The molecule has 0 amide bonds. The van der Waals surface area contributed by atoms with Crippen LogP contribution in [0.4, 0.5) is 0 Å². The molecule has 1 aromatic heterocycles. The third-order valence-corrected chi connectivity index (χ3v) is 5.32. The van der Waals surface area contributed by atoms with E-state index in [9.17, 15) is 5.26 Å². The summed E-state index contributed by atoms with van der Waals surface area (Å²) < 4.78 is 1.18. The van der Waals surface area contributed by atoms with Gasteiger partial charge in [-0.05, 0) is 52.8 Å². The Kier molecular flexibility index (Phi) is 5.23. The number of rotatable bonds is 3. The van der Waals surface area contributed by atoms with Gasteiger partial charge in [0.05, 0.1) is 15.8 Å². The Bertz CT molecular complexity index is 424. The van der Waals surface area contributed by atoms with Crippen LogP contribution in [0.1, 0.15) is 37.7 Å². The van der Waals surface area contributed by atoms with Gasteiger partial charge in [0.25, 0.3) is 0 Å². The van der Waals surface area contributed by atoms with Crippen molar-refractivity contribution >= 4 is 27.3 Å². The van der Waals surface area contributed by atoms with Crippen molar-refractivity contribution in [2.24, 2.45) is 5.92 Å². The molecule has 1 saturated carbocycles. The molecule has 0 aromatic carbocycles. The normalized spacial score (nSPS) is 24.8. The number of nitriles is 1. The van der Waals surface area contributed by atoms with Crippen molar-refractivity contribution in [1.29, 1.82) is 5.26 Å². The molecule has 0 spiro atoms. The third kappa shape index (κ3) is 3.57. The second kappa shape index (κ2) is 6.70. The Morgan fingerprint density at radius 2 is 2.22 bits per heavy atom. The molecule has 2 unspecified atom stereocenters. The van der Waals surface area contributed by atoms with E-state index in [-0.39, 0.29) is 5.92 Å². The molecule has 2 rings (SSSR count). The number of thiophene rings is 1. The molecule has 1 heterocycles. The molecule has 1 aliphatic rings. The maximum Gasteiger partial charge on any atom is 0.0701 e. The standard InChI is InChI=1S/C14H19BrN2S/c1-17(9-11-7-14(15)18-10-11)13-6-4-2-3-5-12(13)8-16/h7,10,12-13H,2-6,9H2,1H3. The van der Waals surface area contributed by atoms with Gasteiger partial charge in [0, 0.05) is 12.6 Å². The number of hydrogen-bond acceptors (Lipinski definition) is 3. The van der Waals surface area contributed by atoms with Gasteiger partial charge in [-0.15, -0.1) is 11.3 Å². The van der Waals surface area contributed by atoms with Crippen LogP contribution in [0.2, 0.25) is 0 Å². The first-order valence-corrected chi connectivity index (χ1v) is 8.20. The molecule has 0 aliphatic heterocycles. The van der Waals surface area contributed by atoms with Crippen molar-refractivity contribution in [2.75, 3.05) is 7.05 Å². The zero-order valence-corrected chi connectivity index (χ0v) is 13.1. The molecule has 0 N–H and O–H groups in total. The molecule has 0 saturated heterocycles. The predicted molar refractivity (Wildman–Crippen MR) is 79.5 cm³/mol. The fourth-order valence-electron chi connectivity index (χ4n) is 2.80. The summed E-state index contributed by atoms with van der Waals surface area (Å²) in [6.07, 6.45) is 6.00. The Balaban J connectivity index is 2.01. The first-order chi connectivity index (χ1) is 8.70. The lowest BCUT2D eigenvalue weighted by molar-refractivity contribution is 0.183. The number of halogens is 1. The van der Waals surface area contributed by atoms with Gasteiger partial charge in [0.2, 0.25) is 0 Å². The maximum atomic E-state index is 9.32. The molecule has 4 heteroatoms. The van der Waals surface area contributed by atoms with Crippen LogP contribution in [0.5, 0.6) is 0 Å². The van der Waals surface area contributed by atoms with E-state index >= 15 is 0 Å². The van der Waals surface area contributed by atoms with Crippen LogP contribution in [-0.4, -0.2) is 18.0 Å². The molecule has 0 bridgehead atoms. The fraction of sp³-hybridized carbons (Fsp3) is 0.643. The Morgan fingerprint density at radius 3 is 2.89 bits per heavy atom. The van der Waals surface area contributed by atoms with Crippen molar-refractivity contribution in [1.82, 2.24) is 4.90 Å². The highest BCUT2D eigenvalue weighted by Crippen LogP contribution is 2.28. The van der Waals surface area contributed by atoms with Gasteiger partial charge >= 0.3 is 0 Å². The summed E-state index contributed by atoms with van der Waals surface area (Å²) in [5, 5.41) is 11.5. The first kappa shape index (κ1) is 14.0. The zero-order chi connectivity index (χ0) is 13.0. The lowest BCUT2D eigenvalue weighted by Crippen LogP contribution is -2.36.